The van der Waals surface area contributed by atoms with Crippen LogP contribution in [0.2, 0.25) is 0 Å². The van der Waals surface area contributed by atoms with Crippen LogP contribution in [0.25, 0.3) is 0 Å². The quantitative estimate of drug-likeness (QED) is 0.661. The van der Waals surface area contributed by atoms with Gasteiger partial charge in [-0.3, -0.25) is 10.1 Å². The summed E-state index contributed by atoms with van der Waals surface area (Å²) in [5.41, 5.74) is 1.25. The van der Waals surface area contributed by atoms with Gasteiger partial charge in [-0.25, -0.2) is 0 Å². The first-order chi connectivity index (χ1) is 8.16. The SMILES string of the molecule is CC1SCCC1NCc1ccc([N+](=O)[O-])cc1. The van der Waals surface area contributed by atoms with Gasteiger partial charge in [-0.2, -0.15) is 11.8 Å². The van der Waals surface area contributed by atoms with Crippen molar-refractivity contribution >= 4 is 17.4 Å². The Kier molecular flexibility index (Phi) is 4.02. The second-order valence-corrected chi connectivity index (χ2v) is 5.76. The second kappa shape index (κ2) is 5.51. The summed E-state index contributed by atoms with van der Waals surface area (Å²) in [5, 5.41) is 14.7. The van der Waals surface area contributed by atoms with E-state index >= 15 is 0 Å². The molecule has 5 heteroatoms. The van der Waals surface area contributed by atoms with E-state index in [0.717, 1.165) is 12.1 Å². The fourth-order valence-corrected chi connectivity index (χ4v) is 3.21. The summed E-state index contributed by atoms with van der Waals surface area (Å²) in [6, 6.07) is 7.32. The first-order valence-corrected chi connectivity index (χ1v) is 6.80. The molecule has 0 saturated carbocycles. The Morgan fingerprint density at radius 1 is 1.47 bits per heavy atom. The van der Waals surface area contributed by atoms with E-state index in [1.807, 2.05) is 23.9 Å². The zero-order valence-electron chi connectivity index (χ0n) is 9.76. The molecule has 1 saturated heterocycles. The maximum Gasteiger partial charge on any atom is 0.269 e. The number of hydrogen-bond acceptors (Lipinski definition) is 4. The number of nitrogens with one attached hydrogen (secondary N) is 1. The van der Waals surface area contributed by atoms with Crippen LogP contribution in [0, 0.1) is 10.1 Å². The molecule has 1 aliphatic heterocycles. The molecule has 0 radical (unpaired) electrons. The van der Waals surface area contributed by atoms with Crippen molar-refractivity contribution in [3.05, 3.63) is 39.9 Å². The van der Waals surface area contributed by atoms with Crippen LogP contribution < -0.4 is 5.32 Å². The van der Waals surface area contributed by atoms with Crippen LogP contribution >= 0.6 is 11.8 Å². The molecule has 2 rings (SSSR count). The number of rotatable bonds is 4. The highest BCUT2D eigenvalue weighted by Gasteiger charge is 2.22. The van der Waals surface area contributed by atoms with Gasteiger partial charge in [-0.1, -0.05) is 19.1 Å². The number of benzene rings is 1. The van der Waals surface area contributed by atoms with Crippen molar-refractivity contribution in [2.75, 3.05) is 5.75 Å². The molecule has 17 heavy (non-hydrogen) atoms. The maximum atomic E-state index is 10.5. The van der Waals surface area contributed by atoms with Crippen LogP contribution in [0.5, 0.6) is 0 Å². The molecule has 0 amide bonds. The Balaban J connectivity index is 1.88. The topological polar surface area (TPSA) is 55.2 Å². The molecule has 0 aromatic heterocycles. The van der Waals surface area contributed by atoms with E-state index < -0.39 is 0 Å². The first kappa shape index (κ1) is 12.4. The van der Waals surface area contributed by atoms with Crippen molar-refractivity contribution in [1.29, 1.82) is 0 Å². The van der Waals surface area contributed by atoms with E-state index in [1.54, 1.807) is 12.1 Å². The Labute approximate surface area is 105 Å². The highest BCUT2D eigenvalue weighted by atomic mass is 32.2. The molecule has 1 aromatic rings. The zero-order valence-corrected chi connectivity index (χ0v) is 10.6. The molecule has 1 aliphatic rings. The Bertz CT molecular complexity index is 394. The fourth-order valence-electron chi connectivity index (χ4n) is 1.98. The van der Waals surface area contributed by atoms with Crippen molar-refractivity contribution in [1.82, 2.24) is 5.32 Å². The van der Waals surface area contributed by atoms with Crippen molar-refractivity contribution < 1.29 is 4.92 Å². The van der Waals surface area contributed by atoms with Crippen LogP contribution in [0.15, 0.2) is 24.3 Å². The van der Waals surface area contributed by atoms with Gasteiger partial charge < -0.3 is 5.32 Å². The second-order valence-electron chi connectivity index (χ2n) is 4.28. The van der Waals surface area contributed by atoms with Gasteiger partial charge in [0.2, 0.25) is 0 Å². The largest absolute Gasteiger partial charge is 0.309 e. The molecule has 1 heterocycles. The number of hydrogen-bond donors (Lipinski definition) is 1. The van der Waals surface area contributed by atoms with Crippen LogP contribution in [-0.4, -0.2) is 22.0 Å². The lowest BCUT2D eigenvalue weighted by atomic mass is 10.1. The van der Waals surface area contributed by atoms with E-state index in [-0.39, 0.29) is 10.6 Å². The standard InChI is InChI=1S/C12H16N2O2S/c1-9-12(6-7-17-9)13-8-10-2-4-11(5-3-10)14(15)16/h2-5,9,12-13H,6-8H2,1H3. The Morgan fingerprint density at radius 3 is 2.71 bits per heavy atom. The number of nitro benzene ring substituents is 1. The molecule has 4 nitrogen and oxygen atoms in total. The summed E-state index contributed by atoms with van der Waals surface area (Å²) >= 11 is 2.00. The number of nitrogens with zero attached hydrogens (tertiary/aromatic N) is 1. The Morgan fingerprint density at radius 2 is 2.18 bits per heavy atom. The van der Waals surface area contributed by atoms with Crippen molar-refractivity contribution in [3.63, 3.8) is 0 Å². The van der Waals surface area contributed by atoms with Gasteiger partial charge in [0.25, 0.3) is 5.69 Å². The van der Waals surface area contributed by atoms with E-state index in [2.05, 4.69) is 12.2 Å². The molecule has 1 aromatic carbocycles. The predicted octanol–water partition coefficient (Wildman–Crippen LogP) is 2.58. The van der Waals surface area contributed by atoms with Gasteiger partial charge in [0.1, 0.15) is 0 Å². The minimum Gasteiger partial charge on any atom is -0.309 e. The first-order valence-electron chi connectivity index (χ1n) is 5.75. The van der Waals surface area contributed by atoms with E-state index in [1.165, 1.54) is 12.2 Å². The highest BCUT2D eigenvalue weighted by Crippen LogP contribution is 2.26. The minimum absolute atomic E-state index is 0.151. The molecule has 0 bridgehead atoms. The normalized spacial score (nSPS) is 23.8. The third kappa shape index (κ3) is 3.20. The third-order valence-corrected chi connectivity index (χ3v) is 4.42. The molecular formula is C12H16N2O2S. The number of non-ortho nitro benzene ring substituents is 1. The summed E-state index contributed by atoms with van der Waals surface area (Å²) in [7, 11) is 0. The lowest BCUT2D eigenvalue weighted by molar-refractivity contribution is -0.384. The van der Waals surface area contributed by atoms with Crippen LogP contribution in [0.1, 0.15) is 18.9 Å². The van der Waals surface area contributed by atoms with Gasteiger partial charge in [0.15, 0.2) is 0 Å². The average molecular weight is 252 g/mol. The number of thioether (sulfide) groups is 1. The molecular weight excluding hydrogens is 236 g/mol. The molecule has 2 unspecified atom stereocenters. The monoisotopic (exact) mass is 252 g/mol. The van der Waals surface area contributed by atoms with E-state index in [4.69, 9.17) is 0 Å². The van der Waals surface area contributed by atoms with Crippen molar-refractivity contribution in [2.24, 2.45) is 0 Å². The average Bonchev–Trinajstić information content (AvgIpc) is 2.73. The smallest absolute Gasteiger partial charge is 0.269 e. The van der Waals surface area contributed by atoms with Crippen LogP contribution in [-0.2, 0) is 6.54 Å². The lowest BCUT2D eigenvalue weighted by Crippen LogP contribution is -2.32. The summed E-state index contributed by atoms with van der Waals surface area (Å²) in [6.07, 6.45) is 1.21. The lowest BCUT2D eigenvalue weighted by Gasteiger charge is -2.16. The summed E-state index contributed by atoms with van der Waals surface area (Å²) in [4.78, 5) is 10.1. The fraction of sp³-hybridized carbons (Fsp3) is 0.500. The summed E-state index contributed by atoms with van der Waals surface area (Å²) in [5.74, 6) is 1.22. The van der Waals surface area contributed by atoms with Gasteiger partial charge >= 0.3 is 0 Å². The van der Waals surface area contributed by atoms with Crippen LogP contribution in [0.3, 0.4) is 0 Å². The van der Waals surface area contributed by atoms with Gasteiger partial charge in [-0.05, 0) is 17.7 Å². The highest BCUT2D eigenvalue weighted by molar-refractivity contribution is 8.00. The van der Waals surface area contributed by atoms with Crippen molar-refractivity contribution in [2.45, 2.75) is 31.2 Å². The van der Waals surface area contributed by atoms with Crippen LogP contribution in [0.4, 0.5) is 5.69 Å². The molecule has 0 spiro atoms. The molecule has 1 fully saturated rings. The van der Waals surface area contributed by atoms with E-state index in [9.17, 15) is 10.1 Å². The predicted molar refractivity (Wildman–Crippen MR) is 70.3 cm³/mol. The maximum absolute atomic E-state index is 10.5. The van der Waals surface area contributed by atoms with Gasteiger partial charge in [0, 0.05) is 30.0 Å². The summed E-state index contributed by atoms with van der Waals surface area (Å²) < 4.78 is 0. The Hall–Kier alpha value is -1.07. The third-order valence-electron chi connectivity index (χ3n) is 3.09. The van der Waals surface area contributed by atoms with Gasteiger partial charge in [0.05, 0.1) is 4.92 Å². The van der Waals surface area contributed by atoms with Gasteiger partial charge in [-0.15, -0.1) is 0 Å². The number of nitro groups is 1. The molecule has 92 valence electrons. The minimum atomic E-state index is -0.368. The summed E-state index contributed by atoms with van der Waals surface area (Å²) in [6.45, 7) is 3.03. The molecule has 1 N–H and O–H groups in total. The molecule has 2 atom stereocenters. The molecule has 0 aliphatic carbocycles. The van der Waals surface area contributed by atoms with Crippen molar-refractivity contribution in [3.8, 4) is 0 Å². The zero-order chi connectivity index (χ0) is 12.3. The van der Waals surface area contributed by atoms with E-state index in [0.29, 0.717) is 11.3 Å².